The van der Waals surface area contributed by atoms with Crippen molar-refractivity contribution < 1.29 is 4.42 Å². The van der Waals surface area contributed by atoms with Crippen molar-refractivity contribution in [3.8, 4) is 45.3 Å². The highest BCUT2D eigenvalue weighted by molar-refractivity contribution is 6.07. The Morgan fingerprint density at radius 1 is 0.489 bits per heavy atom. The number of anilines is 1. The summed E-state index contributed by atoms with van der Waals surface area (Å²) >= 11 is 0. The molecule has 1 aliphatic heterocycles. The van der Waals surface area contributed by atoms with E-state index in [4.69, 9.17) is 19.4 Å². The number of para-hydroxylation sites is 1. The van der Waals surface area contributed by atoms with Gasteiger partial charge in [-0.25, -0.2) is 15.0 Å². The Kier molecular flexibility index (Phi) is 6.46. The molecule has 1 N–H and O–H groups in total. The number of hydrogen-bond acceptors (Lipinski definition) is 5. The van der Waals surface area contributed by atoms with Crippen molar-refractivity contribution in [3.05, 3.63) is 163 Å². The van der Waals surface area contributed by atoms with Crippen molar-refractivity contribution in [2.45, 2.75) is 0 Å². The molecule has 5 nitrogen and oxygen atoms in total. The molecule has 47 heavy (non-hydrogen) atoms. The monoisotopic (exact) mass is 604 g/mol. The molecule has 0 spiro atoms. The molecule has 0 bridgehead atoms. The number of nitrogens with zero attached hydrogens (tertiary/aromatic N) is 3. The molecule has 0 saturated carbocycles. The van der Waals surface area contributed by atoms with E-state index in [1.807, 2.05) is 60.7 Å². The van der Waals surface area contributed by atoms with Gasteiger partial charge in [0, 0.05) is 34.2 Å². The molecule has 0 atom stereocenters. The van der Waals surface area contributed by atoms with Crippen LogP contribution in [0.3, 0.4) is 0 Å². The van der Waals surface area contributed by atoms with Gasteiger partial charge >= 0.3 is 0 Å². The van der Waals surface area contributed by atoms with Crippen molar-refractivity contribution in [2.24, 2.45) is 0 Å². The molecule has 0 radical (unpaired) electrons. The fraction of sp³-hybridized carbons (Fsp3) is 0.0238. The number of furan rings is 1. The van der Waals surface area contributed by atoms with Gasteiger partial charge in [-0.15, -0.1) is 0 Å². The highest BCUT2D eigenvalue weighted by atomic mass is 16.4. The van der Waals surface area contributed by atoms with Gasteiger partial charge in [0.1, 0.15) is 5.58 Å². The number of fused-ring (bicyclic) bond motifs is 4. The molecule has 2 aromatic heterocycles. The van der Waals surface area contributed by atoms with Crippen LogP contribution < -0.4 is 5.32 Å². The lowest BCUT2D eigenvalue weighted by Crippen LogP contribution is -2.06. The second-order valence-electron chi connectivity index (χ2n) is 11.7. The zero-order chi connectivity index (χ0) is 31.2. The van der Waals surface area contributed by atoms with Crippen LogP contribution in [0.25, 0.3) is 72.6 Å². The smallest absolute Gasteiger partial charge is 0.202 e. The van der Waals surface area contributed by atoms with Gasteiger partial charge in [0.25, 0.3) is 0 Å². The molecule has 0 fully saturated rings. The van der Waals surface area contributed by atoms with Crippen molar-refractivity contribution in [1.29, 1.82) is 0 Å². The predicted octanol–water partition coefficient (Wildman–Crippen LogP) is 10.3. The lowest BCUT2D eigenvalue weighted by Gasteiger charge is -2.15. The second-order valence-corrected chi connectivity index (χ2v) is 11.7. The van der Waals surface area contributed by atoms with Crippen LogP contribution >= 0.6 is 0 Å². The zero-order valence-electron chi connectivity index (χ0n) is 25.4. The molecule has 222 valence electrons. The standard InChI is InChI=1S/C42H28N4O/c1-3-11-29(12-4-1)39-44-40(30-13-5-2-6-14-30)46-41(45-39)31-21-19-28(20-22-31)34-24-25-43-42-37(34)36-17-9-16-35(38(36)47-42)33-23-18-27-10-7-8-15-32(27)26-33/h1-24,26,43H,25H2. The Bertz CT molecular complexity index is 2390. The SMILES string of the molecule is C1=C(c2ccc(-c3nc(-c4ccccc4)nc(-c4ccccc4)n3)cc2)c2c(oc3c(-c4ccc5ccccc5c4)cccc23)NC1. The molecule has 9 rings (SSSR count). The average molecular weight is 605 g/mol. The van der Waals surface area contributed by atoms with E-state index in [9.17, 15) is 0 Å². The topological polar surface area (TPSA) is 63.8 Å². The Morgan fingerprint density at radius 2 is 1.06 bits per heavy atom. The van der Waals surface area contributed by atoms with Gasteiger partial charge in [0.15, 0.2) is 17.5 Å². The van der Waals surface area contributed by atoms with Crippen LogP contribution in [0.15, 0.2) is 156 Å². The summed E-state index contributed by atoms with van der Waals surface area (Å²) in [5.74, 6) is 2.73. The van der Waals surface area contributed by atoms with Crippen molar-refractivity contribution in [1.82, 2.24) is 15.0 Å². The second kappa shape index (κ2) is 11.2. The van der Waals surface area contributed by atoms with Gasteiger partial charge in [0.05, 0.1) is 5.56 Å². The van der Waals surface area contributed by atoms with E-state index in [1.165, 1.54) is 10.8 Å². The number of rotatable bonds is 5. The van der Waals surface area contributed by atoms with Crippen LogP contribution in [0.1, 0.15) is 11.1 Å². The van der Waals surface area contributed by atoms with Gasteiger partial charge in [-0.2, -0.15) is 0 Å². The number of hydrogen-bond donors (Lipinski definition) is 1. The first kappa shape index (κ1) is 27.0. The third kappa shape index (κ3) is 4.86. The van der Waals surface area contributed by atoms with Crippen LogP contribution in [0.4, 0.5) is 5.88 Å². The van der Waals surface area contributed by atoms with Gasteiger partial charge in [0.2, 0.25) is 5.88 Å². The fourth-order valence-electron chi connectivity index (χ4n) is 6.44. The Labute approximate surface area is 271 Å². The average Bonchev–Trinajstić information content (AvgIpc) is 3.55. The largest absolute Gasteiger partial charge is 0.439 e. The molecule has 0 amide bonds. The first-order valence-corrected chi connectivity index (χ1v) is 15.8. The Morgan fingerprint density at radius 3 is 1.74 bits per heavy atom. The molecule has 8 aromatic rings. The Balaban J connectivity index is 1.11. The fourth-order valence-corrected chi connectivity index (χ4v) is 6.44. The minimum absolute atomic E-state index is 0.637. The summed E-state index contributed by atoms with van der Waals surface area (Å²) in [7, 11) is 0. The van der Waals surface area contributed by atoms with E-state index in [1.54, 1.807) is 0 Å². The first-order valence-electron chi connectivity index (χ1n) is 15.8. The van der Waals surface area contributed by atoms with Gasteiger partial charge in [-0.05, 0) is 33.5 Å². The van der Waals surface area contributed by atoms with Crippen molar-refractivity contribution in [3.63, 3.8) is 0 Å². The highest BCUT2D eigenvalue weighted by Gasteiger charge is 2.24. The van der Waals surface area contributed by atoms with Crippen LogP contribution in [0.5, 0.6) is 0 Å². The van der Waals surface area contributed by atoms with E-state index in [0.29, 0.717) is 24.0 Å². The van der Waals surface area contributed by atoms with Gasteiger partial charge in [-0.1, -0.05) is 146 Å². The highest BCUT2D eigenvalue weighted by Crippen LogP contribution is 2.44. The summed E-state index contributed by atoms with van der Waals surface area (Å²) < 4.78 is 6.56. The maximum absolute atomic E-state index is 6.56. The van der Waals surface area contributed by atoms with Crippen LogP contribution in [0, 0.1) is 0 Å². The quantitative estimate of drug-likeness (QED) is 0.212. The third-order valence-electron chi connectivity index (χ3n) is 8.77. The van der Waals surface area contributed by atoms with E-state index in [-0.39, 0.29) is 0 Å². The summed E-state index contributed by atoms with van der Waals surface area (Å²) in [4.78, 5) is 14.6. The van der Waals surface area contributed by atoms with Crippen molar-refractivity contribution in [2.75, 3.05) is 11.9 Å². The van der Waals surface area contributed by atoms with Crippen LogP contribution in [-0.2, 0) is 0 Å². The number of nitrogens with one attached hydrogen (secondary N) is 1. The van der Waals surface area contributed by atoms with Crippen LogP contribution in [-0.4, -0.2) is 21.5 Å². The summed E-state index contributed by atoms with van der Waals surface area (Å²) in [5.41, 5.74) is 9.27. The molecular formula is C42H28N4O. The number of aromatic nitrogens is 3. The predicted molar refractivity (Wildman–Crippen MR) is 191 cm³/mol. The zero-order valence-corrected chi connectivity index (χ0v) is 25.4. The molecule has 5 heteroatoms. The number of benzene rings is 6. The van der Waals surface area contributed by atoms with E-state index in [0.717, 1.165) is 61.4 Å². The molecule has 6 aromatic carbocycles. The minimum Gasteiger partial charge on any atom is -0.439 e. The van der Waals surface area contributed by atoms with E-state index in [2.05, 4.69) is 96.3 Å². The van der Waals surface area contributed by atoms with E-state index >= 15 is 0 Å². The minimum atomic E-state index is 0.637. The van der Waals surface area contributed by atoms with Crippen molar-refractivity contribution >= 4 is 33.2 Å². The summed E-state index contributed by atoms with van der Waals surface area (Å²) in [5, 5.41) is 6.99. The van der Waals surface area contributed by atoms with E-state index < -0.39 is 0 Å². The Hall–Kier alpha value is -6.33. The molecule has 3 heterocycles. The summed E-state index contributed by atoms with van der Waals surface area (Å²) in [6.07, 6.45) is 2.24. The molecule has 0 saturated heterocycles. The maximum atomic E-state index is 6.56. The normalized spacial score (nSPS) is 12.5. The third-order valence-corrected chi connectivity index (χ3v) is 8.77. The molecular weight excluding hydrogens is 576 g/mol. The van der Waals surface area contributed by atoms with Gasteiger partial charge < -0.3 is 9.73 Å². The summed E-state index contributed by atoms with van der Waals surface area (Å²) in [6.45, 7) is 0.684. The van der Waals surface area contributed by atoms with Crippen LogP contribution in [0.2, 0.25) is 0 Å². The first-order chi connectivity index (χ1) is 23.3. The molecule has 1 aliphatic rings. The molecule has 0 unspecified atom stereocenters. The lowest BCUT2D eigenvalue weighted by atomic mass is 9.92. The molecule has 0 aliphatic carbocycles. The summed E-state index contributed by atoms with van der Waals surface area (Å²) in [6, 6.07) is 50.0. The van der Waals surface area contributed by atoms with Gasteiger partial charge in [-0.3, -0.25) is 0 Å². The maximum Gasteiger partial charge on any atom is 0.202 e. The lowest BCUT2D eigenvalue weighted by molar-refractivity contribution is 0.628.